The van der Waals surface area contributed by atoms with E-state index in [0.717, 1.165) is 0 Å². The highest BCUT2D eigenvalue weighted by Gasteiger charge is 2.21. The number of hydrogen-bond acceptors (Lipinski definition) is 4. The standard InChI is InChI=1S/C8H14N4O3S/c1-9-8(16)12(3-4-13)5-6-7(14)15-10-11(6)2/h13H,3-5H2,1-2H3,(H-,9,10,14,16)/p+1. The second kappa shape index (κ2) is 5.61. The van der Waals surface area contributed by atoms with Crippen molar-refractivity contribution in [1.29, 1.82) is 0 Å². The molecule has 0 aliphatic carbocycles. The largest absolute Gasteiger partial charge is 0.431 e. The average Bonchev–Trinajstić information content (AvgIpc) is 2.58. The summed E-state index contributed by atoms with van der Waals surface area (Å²) >= 11 is 5.05. The molecule has 1 aromatic heterocycles. The van der Waals surface area contributed by atoms with Crippen molar-refractivity contribution < 1.29 is 14.3 Å². The Morgan fingerprint density at radius 3 is 2.88 bits per heavy atom. The normalized spacial score (nSPS) is 10.2. The first-order chi connectivity index (χ1) is 7.60. The summed E-state index contributed by atoms with van der Waals surface area (Å²) < 4.78 is 6.09. The molecular weight excluding hydrogens is 232 g/mol. The van der Waals surface area contributed by atoms with Crippen molar-refractivity contribution in [2.45, 2.75) is 6.54 Å². The zero-order valence-electron chi connectivity index (χ0n) is 9.19. The first-order valence-corrected chi connectivity index (χ1v) is 5.15. The van der Waals surface area contributed by atoms with Crippen molar-refractivity contribution >= 4 is 17.3 Å². The van der Waals surface area contributed by atoms with Crippen LogP contribution >= 0.6 is 12.2 Å². The Hall–Kier alpha value is -1.41. The van der Waals surface area contributed by atoms with E-state index in [-0.39, 0.29) is 13.2 Å². The number of nitrogens with zero attached hydrogens (tertiary/aromatic N) is 2. The number of hydrogen-bond donors (Lipinski definition) is 3. The topological polar surface area (TPSA) is 85.4 Å². The monoisotopic (exact) mass is 247 g/mol. The molecule has 7 nitrogen and oxygen atoms in total. The summed E-state index contributed by atoms with van der Waals surface area (Å²) in [6.07, 6.45) is 0. The molecule has 1 heterocycles. The van der Waals surface area contributed by atoms with Gasteiger partial charge >= 0.3 is 11.3 Å². The number of aliphatic hydroxyl groups is 1. The Kier molecular flexibility index (Phi) is 4.44. The molecule has 0 aliphatic heterocycles. The Balaban J connectivity index is 2.83. The van der Waals surface area contributed by atoms with Crippen LogP contribution < -0.4 is 15.6 Å². The van der Waals surface area contributed by atoms with Crippen LogP contribution in [0.4, 0.5) is 0 Å². The lowest BCUT2D eigenvalue weighted by atomic mass is 10.4. The van der Waals surface area contributed by atoms with Gasteiger partial charge in [-0.2, -0.15) is 0 Å². The zero-order valence-corrected chi connectivity index (χ0v) is 10.0. The van der Waals surface area contributed by atoms with Gasteiger partial charge in [0.2, 0.25) is 0 Å². The Morgan fingerprint density at radius 1 is 1.75 bits per heavy atom. The van der Waals surface area contributed by atoms with Crippen molar-refractivity contribution in [3.05, 3.63) is 16.1 Å². The molecule has 90 valence electrons. The molecule has 0 aliphatic rings. The van der Waals surface area contributed by atoms with Crippen LogP contribution in [0.5, 0.6) is 0 Å². The second-order valence-corrected chi connectivity index (χ2v) is 3.57. The third kappa shape index (κ3) is 2.80. The molecule has 0 radical (unpaired) electrons. The number of aliphatic hydroxyl groups excluding tert-OH is 1. The summed E-state index contributed by atoms with van der Waals surface area (Å²) in [6.45, 7) is 0.591. The lowest BCUT2D eigenvalue weighted by Gasteiger charge is -2.21. The first-order valence-electron chi connectivity index (χ1n) is 4.74. The van der Waals surface area contributed by atoms with Crippen LogP contribution in [0.1, 0.15) is 5.69 Å². The Morgan fingerprint density at radius 2 is 2.44 bits per heavy atom. The van der Waals surface area contributed by atoms with E-state index in [1.807, 2.05) is 0 Å². The fraction of sp³-hybridized carbons (Fsp3) is 0.625. The molecule has 0 saturated heterocycles. The molecule has 0 fully saturated rings. The van der Waals surface area contributed by atoms with Gasteiger partial charge in [0, 0.05) is 13.6 Å². The zero-order chi connectivity index (χ0) is 12.1. The van der Waals surface area contributed by atoms with Gasteiger partial charge in [-0.05, 0) is 17.5 Å². The molecule has 0 saturated carbocycles. The maximum atomic E-state index is 11.3. The number of aromatic amines is 1. The smallest absolute Gasteiger partial charge is 0.395 e. The minimum Gasteiger partial charge on any atom is -0.395 e. The quantitative estimate of drug-likeness (QED) is 0.425. The molecule has 0 atom stereocenters. The average molecular weight is 247 g/mol. The number of nitrogens with one attached hydrogen (secondary N) is 2. The molecular formula is C8H15N4O3S+. The van der Waals surface area contributed by atoms with Gasteiger partial charge in [0.15, 0.2) is 12.2 Å². The highest BCUT2D eigenvalue weighted by Crippen LogP contribution is 1.95. The minimum atomic E-state index is -0.440. The molecule has 0 aromatic carbocycles. The summed E-state index contributed by atoms with van der Waals surface area (Å²) in [6, 6.07) is 0. The highest BCUT2D eigenvalue weighted by atomic mass is 32.1. The molecule has 8 heteroatoms. The minimum absolute atomic E-state index is 0.0404. The van der Waals surface area contributed by atoms with Crippen LogP contribution in [-0.4, -0.2) is 40.6 Å². The predicted molar refractivity (Wildman–Crippen MR) is 59.7 cm³/mol. The van der Waals surface area contributed by atoms with E-state index in [1.54, 1.807) is 19.0 Å². The maximum Gasteiger partial charge on any atom is 0.431 e. The number of thiocarbonyl (C=S) groups is 1. The van der Waals surface area contributed by atoms with Crippen molar-refractivity contribution in [2.75, 3.05) is 20.2 Å². The Bertz CT molecular complexity index is 414. The molecule has 0 unspecified atom stereocenters. The van der Waals surface area contributed by atoms with Gasteiger partial charge in [-0.1, -0.05) is 4.68 Å². The summed E-state index contributed by atoms with van der Waals surface area (Å²) in [5, 5.41) is 14.6. The predicted octanol–water partition coefficient (Wildman–Crippen LogP) is -1.91. The van der Waals surface area contributed by atoms with Gasteiger partial charge in [0.25, 0.3) is 0 Å². The molecule has 16 heavy (non-hydrogen) atoms. The Labute approximate surface area is 97.6 Å². The summed E-state index contributed by atoms with van der Waals surface area (Å²) in [4.78, 5) is 13.0. The lowest BCUT2D eigenvalue weighted by Crippen LogP contribution is -2.45. The van der Waals surface area contributed by atoms with Gasteiger partial charge in [-0.3, -0.25) is 4.52 Å². The fourth-order valence-electron chi connectivity index (χ4n) is 1.24. The van der Waals surface area contributed by atoms with Gasteiger partial charge in [-0.15, -0.1) is 0 Å². The third-order valence-corrected chi connectivity index (χ3v) is 2.59. The van der Waals surface area contributed by atoms with Crippen molar-refractivity contribution in [3.8, 4) is 0 Å². The summed E-state index contributed by atoms with van der Waals surface area (Å²) in [5.41, 5.74) is -0.00427. The van der Waals surface area contributed by atoms with E-state index in [2.05, 4.69) is 15.1 Å². The van der Waals surface area contributed by atoms with Crippen LogP contribution in [0.15, 0.2) is 9.32 Å². The van der Waals surface area contributed by atoms with E-state index in [9.17, 15) is 4.79 Å². The van der Waals surface area contributed by atoms with Gasteiger partial charge < -0.3 is 15.3 Å². The van der Waals surface area contributed by atoms with Crippen LogP contribution in [-0.2, 0) is 13.6 Å². The van der Waals surface area contributed by atoms with Crippen LogP contribution in [0.25, 0.3) is 0 Å². The molecule has 0 spiro atoms. The lowest BCUT2D eigenvalue weighted by molar-refractivity contribution is -0.746. The van der Waals surface area contributed by atoms with Gasteiger partial charge in [0.1, 0.15) is 6.54 Å². The molecule has 0 amide bonds. The van der Waals surface area contributed by atoms with Crippen molar-refractivity contribution in [1.82, 2.24) is 15.5 Å². The highest BCUT2D eigenvalue weighted by molar-refractivity contribution is 7.80. The number of aryl methyl sites for hydroxylation is 1. The second-order valence-electron chi connectivity index (χ2n) is 3.19. The number of H-pyrrole nitrogens is 1. The van der Waals surface area contributed by atoms with E-state index in [1.165, 1.54) is 4.68 Å². The fourth-order valence-corrected chi connectivity index (χ4v) is 1.40. The number of aromatic nitrogens is 2. The van der Waals surface area contributed by atoms with Gasteiger partial charge in [0.05, 0.1) is 6.61 Å². The first kappa shape index (κ1) is 12.7. The van der Waals surface area contributed by atoms with Crippen LogP contribution in [0.3, 0.4) is 0 Å². The van der Waals surface area contributed by atoms with Gasteiger partial charge in [-0.25, -0.2) is 4.79 Å². The molecule has 3 N–H and O–H groups in total. The number of rotatable bonds is 4. The summed E-state index contributed by atoms with van der Waals surface area (Å²) in [5.74, 6) is 0. The van der Waals surface area contributed by atoms with Crippen LogP contribution in [0, 0.1) is 0 Å². The molecule has 1 rings (SSSR count). The van der Waals surface area contributed by atoms with E-state index < -0.39 is 5.63 Å². The van der Waals surface area contributed by atoms with Crippen molar-refractivity contribution in [3.63, 3.8) is 0 Å². The van der Waals surface area contributed by atoms with Crippen molar-refractivity contribution in [2.24, 2.45) is 7.05 Å². The summed E-state index contributed by atoms with van der Waals surface area (Å²) in [7, 11) is 3.35. The maximum absolute atomic E-state index is 11.3. The third-order valence-electron chi connectivity index (χ3n) is 2.13. The molecule has 1 aromatic rings. The van der Waals surface area contributed by atoms with Crippen LogP contribution in [0.2, 0.25) is 0 Å². The van der Waals surface area contributed by atoms with E-state index in [0.29, 0.717) is 17.4 Å². The van der Waals surface area contributed by atoms with E-state index in [4.69, 9.17) is 17.3 Å². The SMILES string of the molecule is CNC(=S)N(CCO)Cc1c(=O)o[nH][n+]1C. The van der Waals surface area contributed by atoms with E-state index >= 15 is 0 Å². The molecule has 0 bridgehead atoms.